The van der Waals surface area contributed by atoms with Gasteiger partial charge in [-0.15, -0.1) is 0 Å². The molecule has 2 aliphatic rings. The summed E-state index contributed by atoms with van der Waals surface area (Å²) in [4.78, 5) is 14.5. The summed E-state index contributed by atoms with van der Waals surface area (Å²) in [6.07, 6.45) is 1.00. The van der Waals surface area contributed by atoms with E-state index >= 15 is 0 Å². The third-order valence-electron chi connectivity index (χ3n) is 5.47. The molecule has 0 radical (unpaired) electrons. The Hall–Kier alpha value is -3.00. The van der Waals surface area contributed by atoms with Crippen LogP contribution in [0.2, 0.25) is 0 Å². The van der Waals surface area contributed by atoms with Gasteiger partial charge in [0.05, 0.1) is 16.3 Å². The van der Waals surface area contributed by atoms with Crippen molar-refractivity contribution in [3.8, 4) is 0 Å². The zero-order valence-electron chi connectivity index (χ0n) is 15.2. The molecule has 0 N–H and O–H groups in total. The zero-order chi connectivity index (χ0) is 20.3. The van der Waals surface area contributed by atoms with E-state index in [0.29, 0.717) is 29.5 Å². The minimum Gasteiger partial charge on any atom is -0.308 e. The van der Waals surface area contributed by atoms with Gasteiger partial charge in [0.25, 0.3) is 10.0 Å². The number of carbonyl (C=O) groups excluding carboxylic acids is 1. The van der Waals surface area contributed by atoms with Crippen LogP contribution in [-0.4, -0.2) is 27.4 Å². The van der Waals surface area contributed by atoms with Crippen LogP contribution in [0.3, 0.4) is 0 Å². The Labute approximate surface area is 166 Å². The molecule has 0 aliphatic carbocycles. The quantitative estimate of drug-likeness (QED) is 0.644. The van der Waals surface area contributed by atoms with Gasteiger partial charge in [-0.25, -0.2) is 17.2 Å². The standard InChI is InChI=1S/C21H16F2N2O3S/c22-15-10-14-6-3-9-24(21(14)16(23)11-15)19(26)12-25-17-7-1-4-13-5-2-8-18(20(13)17)29(25,27)28/h1-2,4-5,7-8,10-11H,3,6,9,12H2. The predicted octanol–water partition coefficient (Wildman–Crippen LogP) is 3.61. The highest BCUT2D eigenvalue weighted by Crippen LogP contribution is 2.42. The highest BCUT2D eigenvalue weighted by atomic mass is 32.2. The molecule has 5 rings (SSSR count). The molecule has 0 saturated heterocycles. The average molecular weight is 414 g/mol. The molecule has 0 atom stereocenters. The number of sulfonamides is 1. The molecule has 0 aromatic heterocycles. The van der Waals surface area contributed by atoms with Crippen LogP contribution in [0, 0.1) is 11.6 Å². The van der Waals surface area contributed by atoms with Crippen molar-refractivity contribution in [2.45, 2.75) is 17.7 Å². The lowest BCUT2D eigenvalue weighted by molar-refractivity contribution is -0.117. The molecule has 148 valence electrons. The van der Waals surface area contributed by atoms with Crippen molar-refractivity contribution in [2.75, 3.05) is 22.3 Å². The number of anilines is 2. The van der Waals surface area contributed by atoms with E-state index < -0.39 is 34.1 Å². The van der Waals surface area contributed by atoms with E-state index in [9.17, 15) is 22.0 Å². The van der Waals surface area contributed by atoms with Crippen LogP contribution in [0.1, 0.15) is 12.0 Å². The Balaban J connectivity index is 1.55. The van der Waals surface area contributed by atoms with Gasteiger partial charge in [0.1, 0.15) is 18.2 Å². The van der Waals surface area contributed by atoms with Gasteiger partial charge >= 0.3 is 0 Å². The topological polar surface area (TPSA) is 57.7 Å². The van der Waals surface area contributed by atoms with Crippen molar-refractivity contribution in [1.29, 1.82) is 0 Å². The summed E-state index contributed by atoms with van der Waals surface area (Å²) in [6.45, 7) is -0.203. The molecular weight excluding hydrogens is 398 g/mol. The molecule has 0 bridgehead atoms. The average Bonchev–Trinajstić information content (AvgIpc) is 2.90. The molecule has 29 heavy (non-hydrogen) atoms. The normalized spacial score (nSPS) is 16.9. The Kier molecular flexibility index (Phi) is 3.89. The lowest BCUT2D eigenvalue weighted by Gasteiger charge is -2.31. The number of hydrogen-bond acceptors (Lipinski definition) is 3. The van der Waals surface area contributed by atoms with Crippen molar-refractivity contribution in [3.05, 3.63) is 65.7 Å². The first kappa shape index (κ1) is 18.1. The van der Waals surface area contributed by atoms with Gasteiger partial charge in [-0.3, -0.25) is 9.10 Å². The number of aryl methyl sites for hydroxylation is 1. The fraction of sp³-hybridized carbons (Fsp3) is 0.190. The van der Waals surface area contributed by atoms with Crippen molar-refractivity contribution in [3.63, 3.8) is 0 Å². The summed E-state index contributed by atoms with van der Waals surface area (Å²) in [7, 11) is -3.89. The van der Waals surface area contributed by atoms with Gasteiger partial charge in [-0.05, 0) is 42.0 Å². The fourth-order valence-corrected chi connectivity index (χ4v) is 5.90. The molecule has 2 aliphatic heterocycles. The van der Waals surface area contributed by atoms with E-state index in [1.54, 1.807) is 18.2 Å². The maximum atomic E-state index is 14.4. The van der Waals surface area contributed by atoms with Crippen LogP contribution in [-0.2, 0) is 21.2 Å². The third kappa shape index (κ3) is 2.62. The highest BCUT2D eigenvalue weighted by molar-refractivity contribution is 7.93. The molecule has 2 heterocycles. The largest absolute Gasteiger partial charge is 0.308 e. The molecule has 0 unspecified atom stereocenters. The summed E-state index contributed by atoms with van der Waals surface area (Å²) in [5.41, 5.74) is 0.884. The van der Waals surface area contributed by atoms with Crippen LogP contribution in [0.25, 0.3) is 10.8 Å². The second-order valence-corrected chi connectivity index (χ2v) is 9.02. The summed E-state index contributed by atoms with van der Waals surface area (Å²) in [6, 6.07) is 12.2. The zero-order valence-corrected chi connectivity index (χ0v) is 16.0. The molecule has 3 aromatic carbocycles. The third-order valence-corrected chi connectivity index (χ3v) is 7.27. The number of halogens is 2. The second-order valence-electron chi connectivity index (χ2n) is 7.19. The van der Waals surface area contributed by atoms with E-state index in [-0.39, 0.29) is 17.1 Å². The van der Waals surface area contributed by atoms with Gasteiger partial charge in [-0.2, -0.15) is 0 Å². The van der Waals surface area contributed by atoms with E-state index in [1.807, 2.05) is 12.1 Å². The van der Waals surface area contributed by atoms with E-state index in [0.717, 1.165) is 15.8 Å². The molecular formula is C21H16F2N2O3S. The minimum absolute atomic E-state index is 0.0370. The first-order valence-corrected chi connectivity index (χ1v) is 10.6. The Morgan fingerprint density at radius 2 is 1.83 bits per heavy atom. The van der Waals surface area contributed by atoms with Gasteiger partial charge in [0.2, 0.25) is 5.91 Å². The number of amides is 1. The maximum Gasteiger partial charge on any atom is 0.265 e. The summed E-state index contributed by atoms with van der Waals surface area (Å²) in [5.74, 6) is -2.06. The molecule has 0 saturated carbocycles. The summed E-state index contributed by atoms with van der Waals surface area (Å²) in [5, 5.41) is 1.35. The maximum absolute atomic E-state index is 14.4. The number of benzene rings is 3. The second kappa shape index (κ2) is 6.25. The smallest absolute Gasteiger partial charge is 0.265 e. The van der Waals surface area contributed by atoms with Crippen LogP contribution >= 0.6 is 0 Å². The molecule has 0 fully saturated rings. The van der Waals surface area contributed by atoms with E-state index in [4.69, 9.17) is 0 Å². The van der Waals surface area contributed by atoms with E-state index in [2.05, 4.69) is 0 Å². The Morgan fingerprint density at radius 3 is 2.62 bits per heavy atom. The van der Waals surface area contributed by atoms with Crippen LogP contribution in [0.4, 0.5) is 20.2 Å². The number of carbonyl (C=O) groups is 1. The first-order valence-electron chi connectivity index (χ1n) is 9.21. The highest BCUT2D eigenvalue weighted by Gasteiger charge is 2.38. The predicted molar refractivity (Wildman–Crippen MR) is 106 cm³/mol. The number of rotatable bonds is 2. The van der Waals surface area contributed by atoms with Crippen LogP contribution in [0.5, 0.6) is 0 Å². The Bertz CT molecular complexity index is 1290. The monoisotopic (exact) mass is 414 g/mol. The molecule has 8 heteroatoms. The van der Waals surface area contributed by atoms with Crippen molar-refractivity contribution in [2.24, 2.45) is 0 Å². The number of nitrogens with zero attached hydrogens (tertiary/aromatic N) is 2. The van der Waals surface area contributed by atoms with Crippen molar-refractivity contribution < 1.29 is 22.0 Å². The SMILES string of the molecule is O=C(CN1c2cccc3cccc(c23)S1(=O)=O)N1CCCc2cc(F)cc(F)c21. The molecule has 5 nitrogen and oxygen atoms in total. The van der Waals surface area contributed by atoms with Crippen molar-refractivity contribution in [1.82, 2.24) is 0 Å². The van der Waals surface area contributed by atoms with Crippen LogP contribution in [0.15, 0.2) is 53.4 Å². The first-order chi connectivity index (χ1) is 13.9. The fourth-order valence-electron chi connectivity index (χ4n) is 4.24. The van der Waals surface area contributed by atoms with Gasteiger partial charge in [0.15, 0.2) is 0 Å². The van der Waals surface area contributed by atoms with Gasteiger partial charge in [-0.1, -0.05) is 24.3 Å². The summed E-state index contributed by atoms with van der Waals surface area (Å²) < 4.78 is 55.2. The lowest BCUT2D eigenvalue weighted by Crippen LogP contribution is -2.44. The van der Waals surface area contributed by atoms with Gasteiger partial charge < -0.3 is 4.90 Å². The van der Waals surface area contributed by atoms with E-state index in [1.165, 1.54) is 17.0 Å². The van der Waals surface area contributed by atoms with Gasteiger partial charge in [0, 0.05) is 18.0 Å². The van der Waals surface area contributed by atoms with Crippen LogP contribution < -0.4 is 9.21 Å². The molecule has 3 aromatic rings. The molecule has 0 spiro atoms. The minimum atomic E-state index is -3.89. The number of fused-ring (bicyclic) bond motifs is 1. The van der Waals surface area contributed by atoms with Crippen molar-refractivity contribution >= 4 is 38.1 Å². The molecule has 1 amide bonds. The lowest BCUT2D eigenvalue weighted by atomic mass is 10.0. The number of hydrogen-bond donors (Lipinski definition) is 0. The summed E-state index contributed by atoms with van der Waals surface area (Å²) >= 11 is 0. The Morgan fingerprint density at radius 1 is 1.07 bits per heavy atom.